The van der Waals surface area contributed by atoms with E-state index in [9.17, 15) is 13.2 Å². The van der Waals surface area contributed by atoms with Gasteiger partial charge in [0.2, 0.25) is 14.9 Å². The number of hydrogen-bond acceptors (Lipinski definition) is 4. The quantitative estimate of drug-likeness (QED) is 0.797. The van der Waals surface area contributed by atoms with E-state index in [0.29, 0.717) is 5.69 Å². The summed E-state index contributed by atoms with van der Waals surface area (Å²) in [6.07, 6.45) is 1.02. The van der Waals surface area contributed by atoms with Crippen molar-refractivity contribution in [2.24, 2.45) is 0 Å². The largest absolute Gasteiger partial charge is 0.440 e. The zero-order chi connectivity index (χ0) is 14.9. The van der Waals surface area contributed by atoms with E-state index in [0.717, 1.165) is 15.4 Å². The number of aryl methyl sites for hydroxylation is 1. The van der Waals surface area contributed by atoms with Gasteiger partial charge in [-0.2, -0.15) is 0 Å². The first-order chi connectivity index (χ1) is 9.27. The minimum atomic E-state index is -3.45. The highest BCUT2D eigenvalue weighted by Crippen LogP contribution is 2.20. The number of furan rings is 1. The Balaban J connectivity index is 2.22. The molecule has 1 N–H and O–H groups in total. The molecule has 1 aromatic carbocycles. The SMILES string of the molecule is Cc1cc(I)ccc1NC(=O)c1ccc(S(C)(=O)=O)o1. The monoisotopic (exact) mass is 405 g/mol. The summed E-state index contributed by atoms with van der Waals surface area (Å²) >= 11 is 2.18. The van der Waals surface area contributed by atoms with Gasteiger partial charge in [-0.15, -0.1) is 0 Å². The number of carbonyl (C=O) groups excluding carboxylic acids is 1. The molecule has 1 heterocycles. The molecular weight excluding hydrogens is 393 g/mol. The molecule has 0 bridgehead atoms. The molecule has 1 amide bonds. The highest BCUT2D eigenvalue weighted by molar-refractivity contribution is 14.1. The summed E-state index contributed by atoms with van der Waals surface area (Å²) in [7, 11) is -3.45. The second kappa shape index (κ2) is 5.57. The lowest BCUT2D eigenvalue weighted by Gasteiger charge is -2.07. The van der Waals surface area contributed by atoms with Gasteiger partial charge in [0.15, 0.2) is 5.76 Å². The van der Waals surface area contributed by atoms with E-state index >= 15 is 0 Å². The molecular formula is C13H12INO4S. The minimum Gasteiger partial charge on any atom is -0.440 e. The Hall–Kier alpha value is -1.35. The van der Waals surface area contributed by atoms with Gasteiger partial charge in [0, 0.05) is 15.5 Å². The zero-order valence-electron chi connectivity index (χ0n) is 10.8. The molecule has 0 radical (unpaired) electrons. The van der Waals surface area contributed by atoms with Crippen molar-refractivity contribution in [2.75, 3.05) is 11.6 Å². The molecule has 2 rings (SSSR count). The van der Waals surface area contributed by atoms with Gasteiger partial charge in [-0.1, -0.05) is 0 Å². The van der Waals surface area contributed by atoms with Crippen molar-refractivity contribution in [2.45, 2.75) is 12.0 Å². The number of rotatable bonds is 3. The molecule has 0 aliphatic carbocycles. The van der Waals surface area contributed by atoms with E-state index in [1.54, 1.807) is 6.07 Å². The first kappa shape index (κ1) is 15.0. The molecule has 20 heavy (non-hydrogen) atoms. The third kappa shape index (κ3) is 3.40. The Morgan fingerprint density at radius 1 is 1.25 bits per heavy atom. The summed E-state index contributed by atoms with van der Waals surface area (Å²) in [5.74, 6) is -0.521. The summed E-state index contributed by atoms with van der Waals surface area (Å²) in [4.78, 5) is 12.0. The Kier molecular flexibility index (Phi) is 4.19. The molecule has 0 atom stereocenters. The average molecular weight is 405 g/mol. The fourth-order valence-electron chi connectivity index (χ4n) is 1.59. The van der Waals surface area contributed by atoms with Crippen LogP contribution >= 0.6 is 22.6 Å². The molecule has 0 unspecified atom stereocenters. The summed E-state index contributed by atoms with van der Waals surface area (Å²) in [6, 6.07) is 8.20. The minimum absolute atomic E-state index is 0.0385. The van der Waals surface area contributed by atoms with E-state index in [-0.39, 0.29) is 10.9 Å². The molecule has 0 aliphatic rings. The van der Waals surface area contributed by atoms with Crippen LogP contribution in [0.25, 0.3) is 0 Å². The average Bonchev–Trinajstić information content (AvgIpc) is 2.82. The summed E-state index contributed by atoms with van der Waals surface area (Å²) < 4.78 is 28.7. The second-order valence-corrected chi connectivity index (χ2v) is 7.50. The van der Waals surface area contributed by atoms with Crippen LogP contribution < -0.4 is 5.32 Å². The Bertz CT molecular complexity index is 764. The van der Waals surface area contributed by atoms with Gasteiger partial charge < -0.3 is 9.73 Å². The molecule has 7 heteroatoms. The van der Waals surface area contributed by atoms with E-state index < -0.39 is 15.7 Å². The van der Waals surface area contributed by atoms with Crippen molar-refractivity contribution < 1.29 is 17.6 Å². The first-order valence-electron chi connectivity index (χ1n) is 5.65. The van der Waals surface area contributed by atoms with Crippen molar-refractivity contribution in [3.63, 3.8) is 0 Å². The number of carbonyl (C=O) groups is 1. The van der Waals surface area contributed by atoms with E-state index in [1.165, 1.54) is 12.1 Å². The predicted molar refractivity (Wildman–Crippen MR) is 83.7 cm³/mol. The van der Waals surface area contributed by atoms with Crippen molar-refractivity contribution in [1.29, 1.82) is 0 Å². The number of nitrogens with one attached hydrogen (secondary N) is 1. The van der Waals surface area contributed by atoms with Crippen LogP contribution in [-0.2, 0) is 9.84 Å². The van der Waals surface area contributed by atoms with Crippen molar-refractivity contribution in [1.82, 2.24) is 0 Å². The zero-order valence-corrected chi connectivity index (χ0v) is 13.8. The van der Waals surface area contributed by atoms with Crippen LogP contribution in [0.2, 0.25) is 0 Å². The van der Waals surface area contributed by atoms with Crippen LogP contribution in [-0.4, -0.2) is 20.6 Å². The molecule has 1 aromatic heterocycles. The Morgan fingerprint density at radius 3 is 2.50 bits per heavy atom. The fraction of sp³-hybridized carbons (Fsp3) is 0.154. The van der Waals surface area contributed by atoms with Crippen LogP contribution in [0.1, 0.15) is 16.1 Å². The summed E-state index contributed by atoms with van der Waals surface area (Å²) in [5.41, 5.74) is 1.58. The predicted octanol–water partition coefficient (Wildman–Crippen LogP) is 2.85. The van der Waals surface area contributed by atoms with Crippen LogP contribution in [0.3, 0.4) is 0 Å². The lowest BCUT2D eigenvalue weighted by atomic mass is 10.2. The Labute approximate surface area is 130 Å². The topological polar surface area (TPSA) is 76.4 Å². The van der Waals surface area contributed by atoms with E-state index in [2.05, 4.69) is 27.9 Å². The van der Waals surface area contributed by atoms with Gasteiger partial charge in [0.25, 0.3) is 5.91 Å². The number of anilines is 1. The molecule has 2 aromatic rings. The molecule has 106 valence electrons. The lowest BCUT2D eigenvalue weighted by molar-refractivity contribution is 0.0991. The summed E-state index contributed by atoms with van der Waals surface area (Å²) in [6.45, 7) is 1.88. The number of hydrogen-bond donors (Lipinski definition) is 1. The number of halogens is 1. The van der Waals surface area contributed by atoms with Crippen molar-refractivity contribution in [3.05, 3.63) is 45.2 Å². The number of benzene rings is 1. The highest BCUT2D eigenvalue weighted by Gasteiger charge is 2.17. The van der Waals surface area contributed by atoms with Crippen molar-refractivity contribution >= 4 is 44.0 Å². The molecule has 0 fully saturated rings. The van der Waals surface area contributed by atoms with Crippen molar-refractivity contribution in [3.8, 4) is 0 Å². The van der Waals surface area contributed by atoms with E-state index in [1.807, 2.05) is 19.1 Å². The second-order valence-electron chi connectivity index (χ2n) is 4.30. The maximum Gasteiger partial charge on any atom is 0.291 e. The lowest BCUT2D eigenvalue weighted by Crippen LogP contribution is -2.12. The molecule has 0 aliphatic heterocycles. The third-order valence-electron chi connectivity index (χ3n) is 2.61. The van der Waals surface area contributed by atoms with Gasteiger partial charge >= 0.3 is 0 Å². The Morgan fingerprint density at radius 2 is 1.95 bits per heavy atom. The van der Waals surface area contributed by atoms with Crippen LogP contribution in [0.5, 0.6) is 0 Å². The van der Waals surface area contributed by atoms with Gasteiger partial charge in [-0.25, -0.2) is 8.42 Å². The van der Waals surface area contributed by atoms with E-state index in [4.69, 9.17) is 4.42 Å². The van der Waals surface area contributed by atoms with Gasteiger partial charge in [-0.3, -0.25) is 4.79 Å². The van der Waals surface area contributed by atoms with Crippen LogP contribution in [0.15, 0.2) is 39.8 Å². The van der Waals surface area contributed by atoms with Gasteiger partial charge in [0.05, 0.1) is 0 Å². The smallest absolute Gasteiger partial charge is 0.291 e. The highest BCUT2D eigenvalue weighted by atomic mass is 127. The maximum absolute atomic E-state index is 12.0. The molecule has 5 nitrogen and oxygen atoms in total. The van der Waals surface area contributed by atoms with Gasteiger partial charge in [-0.05, 0) is 65.4 Å². The van der Waals surface area contributed by atoms with Gasteiger partial charge in [0.1, 0.15) is 0 Å². The molecule has 0 spiro atoms. The molecule has 0 saturated carbocycles. The first-order valence-corrected chi connectivity index (χ1v) is 8.62. The van der Waals surface area contributed by atoms with Crippen LogP contribution in [0, 0.1) is 10.5 Å². The third-order valence-corrected chi connectivity index (χ3v) is 4.23. The standard InChI is InChI=1S/C13H12INO4S/c1-8-7-9(14)3-4-10(8)15-13(16)11-5-6-12(19-11)20(2,17)18/h3-7H,1-2H3,(H,15,16). The summed E-state index contributed by atoms with van der Waals surface area (Å²) in [5, 5.41) is 2.47. The normalized spacial score (nSPS) is 11.3. The number of sulfone groups is 1. The fourth-order valence-corrected chi connectivity index (χ4v) is 2.80. The maximum atomic E-state index is 12.0. The number of amides is 1. The van der Waals surface area contributed by atoms with Crippen LogP contribution in [0.4, 0.5) is 5.69 Å². The molecule has 0 saturated heterocycles.